The van der Waals surface area contributed by atoms with Crippen molar-refractivity contribution >= 4 is 0 Å². The van der Waals surface area contributed by atoms with Gasteiger partial charge in [0, 0.05) is 6.54 Å². The minimum Gasteiger partial charge on any atom is -0.493 e. The SMILES string of the molecule is CCCCCCC(O)c1c(OC)cnn1CCC. The van der Waals surface area contributed by atoms with Crippen molar-refractivity contribution < 1.29 is 9.84 Å². The zero-order valence-corrected chi connectivity index (χ0v) is 11.9. The summed E-state index contributed by atoms with van der Waals surface area (Å²) >= 11 is 0. The first-order chi connectivity index (χ1) is 8.74. The smallest absolute Gasteiger partial charge is 0.162 e. The maximum absolute atomic E-state index is 10.3. The number of ether oxygens (including phenoxy) is 1. The first-order valence-electron chi connectivity index (χ1n) is 7.02. The standard InChI is InChI=1S/C14H26N2O2/c1-4-6-7-8-9-12(17)14-13(18-3)11-15-16(14)10-5-2/h11-12,17H,4-10H2,1-3H3. The number of aryl methyl sites for hydroxylation is 1. The molecule has 0 bridgehead atoms. The Morgan fingerprint density at radius 1 is 1.28 bits per heavy atom. The maximum atomic E-state index is 10.3. The Kier molecular flexibility index (Phi) is 6.80. The average Bonchev–Trinajstić information content (AvgIpc) is 2.78. The molecule has 0 spiro atoms. The summed E-state index contributed by atoms with van der Waals surface area (Å²) in [6.07, 6.45) is 7.69. The molecule has 4 heteroatoms. The number of methoxy groups -OCH3 is 1. The molecule has 0 aliphatic carbocycles. The molecule has 104 valence electrons. The van der Waals surface area contributed by atoms with Crippen molar-refractivity contribution in [2.75, 3.05) is 7.11 Å². The molecular formula is C14H26N2O2. The summed E-state index contributed by atoms with van der Waals surface area (Å²) in [7, 11) is 1.63. The fourth-order valence-electron chi connectivity index (χ4n) is 2.16. The maximum Gasteiger partial charge on any atom is 0.162 e. The molecule has 0 radical (unpaired) electrons. The molecular weight excluding hydrogens is 228 g/mol. The fraction of sp³-hybridized carbons (Fsp3) is 0.786. The lowest BCUT2D eigenvalue weighted by atomic mass is 10.1. The second kappa shape index (κ2) is 8.14. The van der Waals surface area contributed by atoms with E-state index >= 15 is 0 Å². The molecule has 4 nitrogen and oxygen atoms in total. The van der Waals surface area contributed by atoms with Crippen LogP contribution in [0.2, 0.25) is 0 Å². The van der Waals surface area contributed by atoms with Gasteiger partial charge in [0.05, 0.1) is 19.4 Å². The number of hydrogen-bond donors (Lipinski definition) is 1. The molecule has 0 aliphatic rings. The fourth-order valence-corrected chi connectivity index (χ4v) is 2.16. The van der Waals surface area contributed by atoms with Crippen molar-refractivity contribution in [2.45, 2.75) is 65.0 Å². The van der Waals surface area contributed by atoms with Gasteiger partial charge in [-0.2, -0.15) is 5.10 Å². The number of aliphatic hydroxyl groups is 1. The van der Waals surface area contributed by atoms with Gasteiger partial charge in [0.1, 0.15) is 5.69 Å². The number of rotatable bonds is 9. The second-order valence-corrected chi connectivity index (χ2v) is 4.69. The van der Waals surface area contributed by atoms with Gasteiger partial charge >= 0.3 is 0 Å². The molecule has 1 aromatic heterocycles. The summed E-state index contributed by atoms with van der Waals surface area (Å²) in [5.74, 6) is 0.700. The van der Waals surface area contributed by atoms with E-state index in [0.717, 1.165) is 31.5 Å². The largest absolute Gasteiger partial charge is 0.493 e. The van der Waals surface area contributed by atoms with Crippen LogP contribution in [0.1, 0.15) is 64.2 Å². The molecule has 0 fully saturated rings. The molecule has 1 unspecified atom stereocenters. The predicted molar refractivity (Wildman–Crippen MR) is 72.8 cm³/mol. The normalized spacial score (nSPS) is 12.7. The zero-order valence-electron chi connectivity index (χ0n) is 11.9. The first-order valence-corrected chi connectivity index (χ1v) is 7.02. The molecule has 0 saturated heterocycles. The highest BCUT2D eigenvalue weighted by molar-refractivity contribution is 5.27. The summed E-state index contributed by atoms with van der Waals surface area (Å²) < 4.78 is 7.14. The van der Waals surface area contributed by atoms with E-state index in [9.17, 15) is 5.11 Å². The van der Waals surface area contributed by atoms with Gasteiger partial charge in [-0.15, -0.1) is 0 Å². The van der Waals surface area contributed by atoms with Crippen LogP contribution < -0.4 is 4.74 Å². The van der Waals surface area contributed by atoms with Gasteiger partial charge in [0.15, 0.2) is 5.75 Å². The highest BCUT2D eigenvalue weighted by Crippen LogP contribution is 2.28. The number of aromatic nitrogens is 2. The van der Waals surface area contributed by atoms with Gasteiger partial charge in [0.25, 0.3) is 0 Å². The topological polar surface area (TPSA) is 47.3 Å². The van der Waals surface area contributed by atoms with Crippen molar-refractivity contribution in [2.24, 2.45) is 0 Å². The molecule has 0 aromatic carbocycles. The Bertz CT molecular complexity index is 337. The molecule has 1 rings (SSSR count). The first kappa shape index (κ1) is 15.0. The third-order valence-electron chi connectivity index (χ3n) is 3.15. The van der Waals surface area contributed by atoms with Crippen molar-refractivity contribution in [1.82, 2.24) is 9.78 Å². The second-order valence-electron chi connectivity index (χ2n) is 4.69. The van der Waals surface area contributed by atoms with Crippen molar-refractivity contribution in [3.05, 3.63) is 11.9 Å². The minimum absolute atomic E-state index is 0.467. The summed E-state index contributed by atoms with van der Waals surface area (Å²) in [6, 6.07) is 0. The summed E-state index contributed by atoms with van der Waals surface area (Å²) in [4.78, 5) is 0. The van der Waals surface area contributed by atoms with Crippen LogP contribution in [0.5, 0.6) is 5.75 Å². The van der Waals surface area contributed by atoms with Crippen LogP contribution in [-0.4, -0.2) is 22.0 Å². The van der Waals surface area contributed by atoms with Crippen LogP contribution in [0.4, 0.5) is 0 Å². The number of unbranched alkanes of at least 4 members (excludes halogenated alkanes) is 3. The average molecular weight is 254 g/mol. The molecule has 1 atom stereocenters. The minimum atomic E-state index is -0.467. The summed E-state index contributed by atoms with van der Waals surface area (Å²) in [5, 5.41) is 14.6. The van der Waals surface area contributed by atoms with Crippen LogP contribution >= 0.6 is 0 Å². The van der Waals surface area contributed by atoms with E-state index in [0.29, 0.717) is 5.75 Å². The van der Waals surface area contributed by atoms with Crippen LogP contribution in [0.25, 0.3) is 0 Å². The van der Waals surface area contributed by atoms with E-state index in [1.807, 2.05) is 4.68 Å². The van der Waals surface area contributed by atoms with Crippen molar-refractivity contribution in [3.63, 3.8) is 0 Å². The molecule has 0 amide bonds. The third kappa shape index (κ3) is 4.02. The van der Waals surface area contributed by atoms with Gasteiger partial charge in [-0.05, 0) is 12.8 Å². The Morgan fingerprint density at radius 3 is 2.67 bits per heavy atom. The predicted octanol–water partition coefficient (Wildman–Crippen LogP) is 3.31. The lowest BCUT2D eigenvalue weighted by molar-refractivity contribution is 0.148. The van der Waals surface area contributed by atoms with E-state index in [1.54, 1.807) is 13.3 Å². The summed E-state index contributed by atoms with van der Waals surface area (Å²) in [5.41, 5.74) is 0.829. The van der Waals surface area contributed by atoms with Crippen LogP contribution in [0, 0.1) is 0 Å². The Morgan fingerprint density at radius 2 is 2.06 bits per heavy atom. The summed E-state index contributed by atoms with van der Waals surface area (Å²) in [6.45, 7) is 5.12. The number of nitrogens with zero attached hydrogens (tertiary/aromatic N) is 2. The Balaban J connectivity index is 2.63. The molecule has 1 aromatic rings. The Labute approximate surface area is 110 Å². The molecule has 1 N–H and O–H groups in total. The number of aliphatic hydroxyl groups excluding tert-OH is 1. The van der Waals surface area contributed by atoms with Gasteiger partial charge in [-0.25, -0.2) is 0 Å². The third-order valence-corrected chi connectivity index (χ3v) is 3.15. The van der Waals surface area contributed by atoms with Crippen LogP contribution in [0.15, 0.2) is 6.20 Å². The zero-order chi connectivity index (χ0) is 13.4. The van der Waals surface area contributed by atoms with Crippen LogP contribution in [0.3, 0.4) is 0 Å². The van der Waals surface area contributed by atoms with Crippen LogP contribution in [-0.2, 0) is 6.54 Å². The molecule has 0 saturated carbocycles. The van der Waals surface area contributed by atoms with Gasteiger partial charge in [-0.3, -0.25) is 4.68 Å². The van der Waals surface area contributed by atoms with Gasteiger partial charge < -0.3 is 9.84 Å². The quantitative estimate of drug-likeness (QED) is 0.688. The molecule has 18 heavy (non-hydrogen) atoms. The van der Waals surface area contributed by atoms with E-state index in [1.165, 1.54) is 19.3 Å². The van der Waals surface area contributed by atoms with E-state index in [2.05, 4.69) is 18.9 Å². The van der Waals surface area contributed by atoms with Crippen molar-refractivity contribution in [1.29, 1.82) is 0 Å². The number of hydrogen-bond acceptors (Lipinski definition) is 3. The van der Waals surface area contributed by atoms with E-state index < -0.39 is 6.10 Å². The molecule has 1 heterocycles. The Hall–Kier alpha value is -1.03. The highest BCUT2D eigenvalue weighted by atomic mass is 16.5. The lowest BCUT2D eigenvalue weighted by Gasteiger charge is -2.14. The van der Waals surface area contributed by atoms with Crippen molar-refractivity contribution in [3.8, 4) is 5.75 Å². The lowest BCUT2D eigenvalue weighted by Crippen LogP contribution is -2.10. The van der Waals surface area contributed by atoms with E-state index in [4.69, 9.17) is 4.74 Å². The van der Waals surface area contributed by atoms with Gasteiger partial charge in [0.2, 0.25) is 0 Å². The van der Waals surface area contributed by atoms with Gasteiger partial charge in [-0.1, -0.05) is 39.5 Å². The molecule has 0 aliphatic heterocycles. The highest BCUT2D eigenvalue weighted by Gasteiger charge is 2.19. The monoisotopic (exact) mass is 254 g/mol. The van der Waals surface area contributed by atoms with E-state index in [-0.39, 0.29) is 0 Å².